The van der Waals surface area contributed by atoms with Crippen LogP contribution >= 0.6 is 68.4 Å². The van der Waals surface area contributed by atoms with E-state index in [9.17, 15) is 0 Å². The highest BCUT2D eigenvalue weighted by Crippen LogP contribution is 2.25. The summed E-state index contributed by atoms with van der Waals surface area (Å²) in [4.78, 5) is 8.89. The molecule has 0 aliphatic rings. The minimum Gasteiger partial charge on any atom is -0.550 e. The molecule has 3 rings (SSSR count). The summed E-state index contributed by atoms with van der Waals surface area (Å²) in [5, 5.41) is 14.1. The number of carbonyl (C=O) groups is 1. The van der Waals surface area contributed by atoms with Crippen LogP contribution in [0.5, 0.6) is 0 Å². The zero-order chi connectivity index (χ0) is 24.7. The van der Waals surface area contributed by atoms with Crippen molar-refractivity contribution in [2.45, 2.75) is 48.5 Å². The molecular weight excluding hydrogens is 675 g/mol. The smallest absolute Gasteiger partial charge is 0.247 e. The van der Waals surface area contributed by atoms with Gasteiger partial charge in [-0.2, -0.15) is 0 Å². The Morgan fingerprint density at radius 2 is 1.28 bits per heavy atom. The van der Waals surface area contributed by atoms with Gasteiger partial charge in [0.1, 0.15) is 5.21 Å². The molecule has 0 N–H and O–H groups in total. The van der Waals surface area contributed by atoms with Crippen LogP contribution in [-0.4, -0.2) is 21.2 Å². The summed E-state index contributed by atoms with van der Waals surface area (Å²) in [5.41, 5.74) is 9.92. The molecule has 0 amide bonds. The molecule has 0 aliphatic carbocycles. The first kappa shape index (κ1) is 29.1. The van der Waals surface area contributed by atoms with Gasteiger partial charge >= 0.3 is 0 Å². The van der Waals surface area contributed by atoms with Crippen LogP contribution in [-0.2, 0) is 4.79 Å². The number of carboxylic acid groups (broad SMARTS) is 1. The molecule has 0 unspecified atom stereocenters. The molecule has 0 aliphatic heterocycles. The third-order valence-electron chi connectivity index (χ3n) is 4.42. The van der Waals surface area contributed by atoms with Crippen LogP contribution in [0.1, 0.15) is 40.3 Å². The van der Waals surface area contributed by atoms with E-state index in [1.54, 1.807) is 0 Å². The standard InChI is InChI=1S/C20H22I2N3.C2H4O2.CH2Cl2/c1-11-7-13(3)17(14(4)8-11)24-19(21)20(22)25(23-24)18-15(5)9-12(2)10-16(18)6;1-2(3)4;2-1-3/h7-10H,1-6H3;1H3,(H,3,4);1H2/q+1;;/p-1. The highest BCUT2D eigenvalue weighted by atomic mass is 127. The number of aliphatic carboxylic acids is 1. The molecule has 32 heavy (non-hydrogen) atoms. The Kier molecular flexibility index (Phi) is 11.9. The molecule has 0 saturated carbocycles. The normalized spacial score (nSPS) is 10.1. The van der Waals surface area contributed by atoms with Crippen LogP contribution in [0.15, 0.2) is 24.3 Å². The van der Waals surface area contributed by atoms with E-state index in [1.165, 1.54) is 44.8 Å². The second-order valence-electron chi connectivity index (χ2n) is 7.38. The Hall–Kier alpha value is -0.910. The Labute approximate surface area is 227 Å². The molecule has 0 atom stereocenters. The molecule has 0 saturated heterocycles. The zero-order valence-electron chi connectivity index (χ0n) is 19.2. The largest absolute Gasteiger partial charge is 0.550 e. The first-order valence-corrected chi connectivity index (χ1v) is 12.9. The number of carbonyl (C=O) groups excluding carboxylic acids is 1. The van der Waals surface area contributed by atoms with Crippen LogP contribution in [0, 0.1) is 48.9 Å². The van der Waals surface area contributed by atoms with Crippen LogP contribution in [0.4, 0.5) is 0 Å². The zero-order valence-corrected chi connectivity index (χ0v) is 25.0. The summed E-state index contributed by atoms with van der Waals surface area (Å²) in [6.45, 7) is 13.9. The van der Waals surface area contributed by atoms with Crippen LogP contribution in [0.25, 0.3) is 11.4 Å². The number of aryl methyl sites for hydroxylation is 6. The van der Waals surface area contributed by atoms with Crippen molar-refractivity contribution < 1.29 is 14.6 Å². The number of hydrogen-bond donors (Lipinski definition) is 0. The monoisotopic (exact) mass is 701 g/mol. The van der Waals surface area contributed by atoms with Crippen molar-refractivity contribution in [2.24, 2.45) is 0 Å². The van der Waals surface area contributed by atoms with Gasteiger partial charge in [-0.3, -0.25) is 0 Å². The van der Waals surface area contributed by atoms with E-state index in [-0.39, 0.29) is 5.34 Å². The quantitative estimate of drug-likeness (QED) is 0.205. The molecule has 0 fully saturated rings. The number of aromatic nitrogens is 3. The van der Waals surface area contributed by atoms with Gasteiger partial charge < -0.3 is 9.90 Å². The van der Waals surface area contributed by atoms with Crippen molar-refractivity contribution >= 4 is 74.4 Å². The molecule has 1 heterocycles. The first-order valence-electron chi connectivity index (χ1n) is 9.67. The fraction of sp³-hybridized carbons (Fsp3) is 0.348. The van der Waals surface area contributed by atoms with Crippen molar-refractivity contribution in [1.29, 1.82) is 0 Å². The van der Waals surface area contributed by atoms with Gasteiger partial charge in [-0.05, 0) is 70.7 Å². The molecule has 0 bridgehead atoms. The minimum absolute atomic E-state index is 0.194. The van der Waals surface area contributed by atoms with E-state index < -0.39 is 5.97 Å². The Bertz CT molecular complexity index is 987. The van der Waals surface area contributed by atoms with E-state index in [1.807, 2.05) is 0 Å². The van der Waals surface area contributed by atoms with Crippen molar-refractivity contribution in [3.8, 4) is 11.4 Å². The number of alkyl halides is 2. The maximum atomic E-state index is 8.89. The van der Waals surface area contributed by atoms with Gasteiger partial charge in [0.15, 0.2) is 11.4 Å². The molecule has 0 radical (unpaired) electrons. The number of halogens is 4. The van der Waals surface area contributed by atoms with Gasteiger partial charge in [0.05, 0.1) is 5.34 Å². The Morgan fingerprint density at radius 1 is 0.938 bits per heavy atom. The molecule has 9 heteroatoms. The SMILES string of the molecule is CC(=O)[O-].Cc1cc(C)c(-n2n[n+](-c3c(C)cc(C)cc3C)c(I)c2I)c(C)c1.ClCCl. The molecule has 1 aromatic heterocycles. The highest BCUT2D eigenvalue weighted by Gasteiger charge is 2.28. The lowest BCUT2D eigenvalue weighted by Crippen LogP contribution is -2.38. The summed E-state index contributed by atoms with van der Waals surface area (Å²) in [7, 11) is 0. The molecule has 0 spiro atoms. The lowest BCUT2D eigenvalue weighted by molar-refractivity contribution is -0.674. The average Bonchev–Trinajstić information content (AvgIpc) is 2.89. The number of carboxylic acids is 1. The average molecular weight is 702 g/mol. The summed E-state index contributed by atoms with van der Waals surface area (Å²) >= 11 is 14.3. The molecular formula is C23H27Cl2I2N3O2. The maximum absolute atomic E-state index is 8.89. The van der Waals surface area contributed by atoms with Crippen LogP contribution < -0.4 is 9.79 Å². The van der Waals surface area contributed by atoms with Crippen LogP contribution in [0.2, 0.25) is 0 Å². The van der Waals surface area contributed by atoms with Crippen LogP contribution in [0.3, 0.4) is 0 Å². The van der Waals surface area contributed by atoms with E-state index in [2.05, 4.69) is 120 Å². The number of rotatable bonds is 2. The van der Waals surface area contributed by atoms with Gasteiger partial charge in [0, 0.05) is 51.2 Å². The van der Waals surface area contributed by atoms with Gasteiger partial charge in [0.25, 0.3) is 0 Å². The second kappa shape index (κ2) is 13.1. The van der Waals surface area contributed by atoms with Gasteiger partial charge in [-0.1, -0.05) is 44.8 Å². The summed E-state index contributed by atoms with van der Waals surface area (Å²) in [6.07, 6.45) is 0. The Morgan fingerprint density at radius 3 is 1.66 bits per heavy atom. The minimum atomic E-state index is -1.08. The topological polar surface area (TPSA) is 61.8 Å². The third kappa shape index (κ3) is 7.56. The van der Waals surface area contributed by atoms with E-state index in [4.69, 9.17) is 38.3 Å². The molecule has 2 aromatic carbocycles. The summed E-state index contributed by atoms with van der Waals surface area (Å²) in [6, 6.07) is 8.89. The van der Waals surface area contributed by atoms with Crippen molar-refractivity contribution in [3.05, 3.63) is 65.0 Å². The first-order chi connectivity index (χ1) is 14.8. The predicted molar refractivity (Wildman–Crippen MR) is 146 cm³/mol. The van der Waals surface area contributed by atoms with Crippen molar-refractivity contribution in [2.75, 3.05) is 5.34 Å². The third-order valence-corrected chi connectivity index (χ3v) is 7.38. The number of nitrogens with zero attached hydrogens (tertiary/aromatic N) is 3. The van der Waals surface area contributed by atoms with E-state index >= 15 is 0 Å². The van der Waals surface area contributed by atoms with Crippen molar-refractivity contribution in [1.82, 2.24) is 9.90 Å². The van der Waals surface area contributed by atoms with E-state index in [0.717, 1.165) is 14.3 Å². The molecule has 5 nitrogen and oxygen atoms in total. The predicted octanol–water partition coefficient (Wildman–Crippen LogP) is 5.39. The highest BCUT2D eigenvalue weighted by molar-refractivity contribution is 14.1. The summed E-state index contributed by atoms with van der Waals surface area (Å²) < 4.78 is 6.41. The Balaban J connectivity index is 0.000000645. The fourth-order valence-corrected chi connectivity index (χ4v) is 4.77. The number of hydrogen-bond acceptors (Lipinski definition) is 3. The van der Waals surface area contributed by atoms with Gasteiger partial charge in [-0.15, -0.1) is 23.2 Å². The number of benzene rings is 2. The second-order valence-corrected chi connectivity index (χ2v) is 10.2. The molecule has 174 valence electrons. The van der Waals surface area contributed by atoms with Crippen molar-refractivity contribution in [3.63, 3.8) is 0 Å². The van der Waals surface area contributed by atoms with E-state index in [0.29, 0.717) is 0 Å². The molecule has 3 aromatic rings. The van der Waals surface area contributed by atoms with Gasteiger partial charge in [0.2, 0.25) is 7.40 Å². The fourth-order valence-electron chi connectivity index (χ4n) is 3.64. The summed E-state index contributed by atoms with van der Waals surface area (Å²) in [5.74, 6) is -1.08. The lowest BCUT2D eigenvalue weighted by Gasteiger charge is -2.07. The van der Waals surface area contributed by atoms with Gasteiger partial charge in [-0.25, -0.2) is 0 Å². The maximum Gasteiger partial charge on any atom is 0.247 e. The lowest BCUT2D eigenvalue weighted by atomic mass is 10.1.